The highest BCUT2D eigenvalue weighted by atomic mass is 79.9. The fourth-order valence-corrected chi connectivity index (χ4v) is 3.15. The number of nitrogens with zero attached hydrogens (tertiary/aromatic N) is 3. The Kier molecular flexibility index (Phi) is 4.29. The molecule has 0 spiro atoms. The van der Waals surface area contributed by atoms with Crippen LogP contribution in [0.25, 0.3) is 22.4 Å². The summed E-state index contributed by atoms with van der Waals surface area (Å²) in [5.74, 6) is -0.0480. The third kappa shape index (κ3) is 2.59. The van der Waals surface area contributed by atoms with Crippen LogP contribution >= 0.6 is 27.5 Å². The highest BCUT2D eigenvalue weighted by Gasteiger charge is 2.25. The van der Waals surface area contributed by atoms with Crippen molar-refractivity contribution in [2.75, 3.05) is 6.86 Å². The Morgan fingerprint density at radius 3 is 2.87 bits per heavy atom. The number of alkyl halides is 1. The normalized spacial score (nSPS) is 11.4. The molecule has 9 heteroatoms. The van der Waals surface area contributed by atoms with E-state index in [1.165, 1.54) is 4.68 Å². The zero-order valence-corrected chi connectivity index (χ0v) is 14.5. The van der Waals surface area contributed by atoms with Crippen LogP contribution in [0, 0.1) is 5.82 Å². The van der Waals surface area contributed by atoms with Gasteiger partial charge in [-0.1, -0.05) is 18.5 Å². The van der Waals surface area contributed by atoms with Gasteiger partial charge in [-0.15, -0.1) is 0 Å². The molecule has 0 radical (unpaired) electrons. The number of rotatable bonds is 4. The van der Waals surface area contributed by atoms with Crippen LogP contribution in [0.15, 0.2) is 15.0 Å². The maximum absolute atomic E-state index is 14.5. The quantitative estimate of drug-likeness (QED) is 0.633. The van der Waals surface area contributed by atoms with E-state index >= 15 is 0 Å². The summed E-state index contributed by atoms with van der Waals surface area (Å²) >= 11 is 9.31. The Bertz CT molecular complexity index is 894. The summed E-state index contributed by atoms with van der Waals surface area (Å²) in [5.41, 5.74) is 0.851. The number of fused-ring (bicyclic) bond motifs is 1. The van der Waals surface area contributed by atoms with E-state index in [-0.39, 0.29) is 27.7 Å². The molecule has 0 saturated heterocycles. The summed E-state index contributed by atoms with van der Waals surface area (Å²) in [6.07, 6.45) is 0.533. The molecule has 3 aromatic rings. The molecule has 122 valence electrons. The highest BCUT2D eigenvalue weighted by molar-refractivity contribution is 9.10. The molecule has 0 aliphatic carbocycles. The summed E-state index contributed by atoms with van der Waals surface area (Å²) in [6, 6.07) is 1.15. The molecule has 0 unspecified atom stereocenters. The first-order chi connectivity index (χ1) is 11.0. The van der Waals surface area contributed by atoms with Gasteiger partial charge < -0.3 is 9.15 Å². The molecule has 5 nitrogen and oxygen atoms in total. The third-order valence-corrected chi connectivity index (χ3v) is 4.29. The lowest BCUT2D eigenvalue weighted by Gasteiger charge is -2.03. The van der Waals surface area contributed by atoms with Gasteiger partial charge in [-0.2, -0.15) is 5.10 Å². The molecule has 1 aromatic carbocycles. The molecule has 0 aliphatic heterocycles. The minimum absolute atomic E-state index is 0.0905. The molecule has 2 aromatic heterocycles. The summed E-state index contributed by atoms with van der Waals surface area (Å²) in [4.78, 5) is 4.25. The third-order valence-electron chi connectivity index (χ3n) is 3.29. The van der Waals surface area contributed by atoms with Crippen LogP contribution in [0.2, 0.25) is 5.02 Å². The number of hydrogen-bond donors (Lipinski definition) is 0. The predicted octanol–water partition coefficient (Wildman–Crippen LogP) is 4.65. The van der Waals surface area contributed by atoms with Crippen LogP contribution in [0.4, 0.5) is 8.78 Å². The van der Waals surface area contributed by atoms with Gasteiger partial charge in [0.1, 0.15) is 21.5 Å². The van der Waals surface area contributed by atoms with Crippen molar-refractivity contribution in [1.29, 1.82) is 0 Å². The Balaban J connectivity index is 2.32. The minimum Gasteiger partial charge on any atom is -0.445 e. The SMILES string of the molecule is CCc1nc2c(Cl)cc(F)c(-c3nn(C)c(OCF)c3Br)c2o1. The Hall–Kier alpha value is -1.67. The standard InChI is InChI=1S/C14H11BrClF2N3O2/c1-3-8-19-11-6(16)4-7(18)9(13(11)23-8)12-10(15)14(22-5-17)21(2)20-12/h4H,3,5H2,1-2H3. The minimum atomic E-state index is -1.03. The number of aromatic nitrogens is 3. The molecular formula is C14H11BrClF2N3O2. The van der Waals surface area contributed by atoms with Crippen molar-refractivity contribution in [1.82, 2.24) is 14.8 Å². The van der Waals surface area contributed by atoms with Crippen LogP contribution in [-0.2, 0) is 13.5 Å². The molecule has 0 aliphatic rings. The molecule has 23 heavy (non-hydrogen) atoms. The number of ether oxygens (including phenoxy) is 1. The molecule has 0 bridgehead atoms. The van der Waals surface area contributed by atoms with Crippen molar-refractivity contribution >= 4 is 38.6 Å². The van der Waals surface area contributed by atoms with Crippen LogP contribution in [0.5, 0.6) is 5.88 Å². The van der Waals surface area contributed by atoms with Gasteiger partial charge in [0.15, 0.2) is 11.5 Å². The maximum Gasteiger partial charge on any atom is 0.230 e. The van der Waals surface area contributed by atoms with Crippen molar-refractivity contribution in [2.45, 2.75) is 13.3 Å². The van der Waals surface area contributed by atoms with Gasteiger partial charge in [-0.3, -0.25) is 0 Å². The van der Waals surface area contributed by atoms with E-state index in [1.54, 1.807) is 7.05 Å². The van der Waals surface area contributed by atoms with Crippen LogP contribution in [-0.4, -0.2) is 21.6 Å². The number of aryl methyl sites for hydroxylation is 2. The van der Waals surface area contributed by atoms with E-state index in [0.717, 1.165) is 6.07 Å². The van der Waals surface area contributed by atoms with E-state index < -0.39 is 12.7 Å². The lowest BCUT2D eigenvalue weighted by molar-refractivity contribution is 0.176. The molecule has 3 rings (SSSR count). The molecule has 0 fully saturated rings. The zero-order valence-electron chi connectivity index (χ0n) is 12.2. The summed E-state index contributed by atoms with van der Waals surface area (Å²) < 4.78 is 39.1. The van der Waals surface area contributed by atoms with Crippen molar-refractivity contribution in [3.63, 3.8) is 0 Å². The molecule has 0 saturated carbocycles. The van der Waals surface area contributed by atoms with E-state index in [0.29, 0.717) is 22.3 Å². The fourth-order valence-electron chi connectivity index (χ4n) is 2.28. The number of oxazole rings is 1. The summed E-state index contributed by atoms with van der Waals surface area (Å²) in [5, 5.41) is 4.33. The van der Waals surface area contributed by atoms with Gasteiger partial charge in [0.25, 0.3) is 0 Å². The molecule has 2 heterocycles. The molecular weight excluding hydrogens is 396 g/mol. The first kappa shape index (κ1) is 16.2. The van der Waals surface area contributed by atoms with E-state index in [4.69, 9.17) is 20.8 Å². The Labute approximate surface area is 143 Å². The summed E-state index contributed by atoms with van der Waals surface area (Å²) in [7, 11) is 1.56. The van der Waals surface area contributed by atoms with E-state index in [1.807, 2.05) is 6.92 Å². The number of hydrogen-bond acceptors (Lipinski definition) is 4. The second-order valence-electron chi connectivity index (χ2n) is 4.70. The Morgan fingerprint density at radius 1 is 1.48 bits per heavy atom. The van der Waals surface area contributed by atoms with Crippen molar-refractivity contribution in [3.05, 3.63) is 27.3 Å². The van der Waals surface area contributed by atoms with Gasteiger partial charge in [0.05, 0.1) is 10.6 Å². The first-order valence-electron chi connectivity index (χ1n) is 6.66. The molecule has 0 amide bonds. The van der Waals surface area contributed by atoms with E-state index in [2.05, 4.69) is 26.0 Å². The van der Waals surface area contributed by atoms with Gasteiger partial charge in [0, 0.05) is 13.5 Å². The largest absolute Gasteiger partial charge is 0.445 e. The van der Waals surface area contributed by atoms with Crippen molar-refractivity contribution in [2.24, 2.45) is 7.05 Å². The first-order valence-corrected chi connectivity index (χ1v) is 7.84. The average Bonchev–Trinajstić information content (AvgIpc) is 3.05. The summed E-state index contributed by atoms with van der Waals surface area (Å²) in [6.45, 7) is 0.830. The van der Waals surface area contributed by atoms with Gasteiger partial charge >= 0.3 is 0 Å². The lowest BCUT2D eigenvalue weighted by atomic mass is 10.1. The van der Waals surface area contributed by atoms with Crippen molar-refractivity contribution in [3.8, 4) is 17.1 Å². The number of benzene rings is 1. The fraction of sp³-hybridized carbons (Fsp3) is 0.286. The highest BCUT2D eigenvalue weighted by Crippen LogP contribution is 2.41. The maximum atomic E-state index is 14.5. The second kappa shape index (κ2) is 6.09. The topological polar surface area (TPSA) is 53.1 Å². The Morgan fingerprint density at radius 2 is 2.22 bits per heavy atom. The average molecular weight is 407 g/mol. The predicted molar refractivity (Wildman–Crippen MR) is 84.9 cm³/mol. The van der Waals surface area contributed by atoms with Gasteiger partial charge in [-0.05, 0) is 22.0 Å². The van der Waals surface area contributed by atoms with Gasteiger partial charge in [-0.25, -0.2) is 18.4 Å². The smallest absolute Gasteiger partial charge is 0.230 e. The molecule has 0 atom stereocenters. The zero-order chi connectivity index (χ0) is 16.7. The van der Waals surface area contributed by atoms with Crippen LogP contribution < -0.4 is 4.74 Å². The van der Waals surface area contributed by atoms with Crippen LogP contribution in [0.1, 0.15) is 12.8 Å². The monoisotopic (exact) mass is 405 g/mol. The lowest BCUT2D eigenvalue weighted by Crippen LogP contribution is -1.98. The second-order valence-corrected chi connectivity index (χ2v) is 5.90. The molecule has 0 N–H and O–H groups in total. The van der Waals surface area contributed by atoms with Gasteiger partial charge in [0.2, 0.25) is 12.7 Å². The van der Waals surface area contributed by atoms with Crippen LogP contribution in [0.3, 0.4) is 0 Å². The van der Waals surface area contributed by atoms with Crippen molar-refractivity contribution < 1.29 is 17.9 Å². The van der Waals surface area contributed by atoms with E-state index in [9.17, 15) is 8.78 Å². The number of halogens is 4.